The zero-order chi connectivity index (χ0) is 13.1. The lowest BCUT2D eigenvalue weighted by Crippen LogP contribution is -2.27. The summed E-state index contributed by atoms with van der Waals surface area (Å²) in [5.74, 6) is 0.604. The zero-order valence-corrected chi connectivity index (χ0v) is 10.7. The van der Waals surface area contributed by atoms with Crippen LogP contribution in [0.2, 0.25) is 0 Å². The monoisotopic (exact) mass is 255 g/mol. The van der Waals surface area contributed by atoms with Crippen LogP contribution in [0.1, 0.15) is 0 Å². The predicted molar refractivity (Wildman–Crippen MR) is 64.6 cm³/mol. The lowest BCUT2D eigenvalue weighted by molar-refractivity contribution is -0.00461. The van der Waals surface area contributed by atoms with Crippen LogP contribution in [-0.2, 0) is 9.47 Å². The van der Waals surface area contributed by atoms with Crippen LogP contribution in [0, 0.1) is 0 Å². The van der Waals surface area contributed by atoms with Gasteiger partial charge in [0, 0.05) is 27.3 Å². The van der Waals surface area contributed by atoms with Crippen molar-refractivity contribution in [1.29, 1.82) is 0 Å². The average molecular weight is 255 g/mol. The predicted octanol–water partition coefficient (Wildman–Crippen LogP) is -0.688. The maximum absolute atomic E-state index is 5.61. The minimum atomic E-state index is -0.0148. The highest BCUT2D eigenvalue weighted by atomic mass is 16.5. The number of rotatable bonds is 4. The molecule has 0 aromatic carbocycles. The molecule has 1 aliphatic heterocycles. The summed E-state index contributed by atoms with van der Waals surface area (Å²) in [4.78, 5) is 14.0. The van der Waals surface area contributed by atoms with E-state index in [2.05, 4.69) is 15.0 Å². The maximum atomic E-state index is 5.61. The van der Waals surface area contributed by atoms with Gasteiger partial charge in [-0.05, 0) is 0 Å². The Morgan fingerprint density at radius 3 is 2.17 bits per heavy atom. The van der Waals surface area contributed by atoms with Crippen LogP contribution >= 0.6 is 0 Å². The van der Waals surface area contributed by atoms with E-state index >= 15 is 0 Å². The van der Waals surface area contributed by atoms with Crippen molar-refractivity contribution in [2.75, 3.05) is 45.1 Å². The molecular formula is C10H17N5O3. The van der Waals surface area contributed by atoms with Crippen LogP contribution in [0.3, 0.4) is 0 Å². The second-order valence-corrected chi connectivity index (χ2v) is 3.93. The third-order valence-corrected chi connectivity index (χ3v) is 2.91. The molecule has 0 radical (unpaired) electrons. The summed E-state index contributed by atoms with van der Waals surface area (Å²) in [5, 5.41) is 0. The number of hydrogen-bond donors (Lipinski definition) is 1. The Balaban J connectivity index is 2.20. The van der Waals surface area contributed by atoms with Gasteiger partial charge in [0.25, 0.3) is 0 Å². The number of aromatic nitrogens is 3. The first-order valence-corrected chi connectivity index (χ1v) is 5.54. The third kappa shape index (κ3) is 2.44. The van der Waals surface area contributed by atoms with E-state index in [9.17, 15) is 0 Å². The molecule has 0 spiro atoms. The highest BCUT2D eigenvalue weighted by Gasteiger charge is 2.34. The molecule has 1 aliphatic rings. The fraction of sp³-hybridized carbons (Fsp3) is 0.700. The summed E-state index contributed by atoms with van der Waals surface area (Å²) in [6.07, 6.45) is -0.0297. The van der Waals surface area contributed by atoms with E-state index in [1.54, 1.807) is 14.2 Å². The van der Waals surface area contributed by atoms with Crippen LogP contribution in [0.25, 0.3) is 0 Å². The van der Waals surface area contributed by atoms with E-state index in [-0.39, 0.29) is 24.2 Å². The van der Waals surface area contributed by atoms with Gasteiger partial charge >= 0.3 is 6.01 Å². The highest BCUT2D eigenvalue weighted by Crippen LogP contribution is 2.21. The van der Waals surface area contributed by atoms with Gasteiger partial charge in [-0.3, -0.25) is 0 Å². The largest absolute Gasteiger partial charge is 0.467 e. The molecule has 1 aromatic heterocycles. The van der Waals surface area contributed by atoms with E-state index in [0.717, 1.165) is 0 Å². The van der Waals surface area contributed by atoms with Crippen molar-refractivity contribution < 1.29 is 14.2 Å². The fourth-order valence-electron chi connectivity index (χ4n) is 1.95. The van der Waals surface area contributed by atoms with Gasteiger partial charge in [0.15, 0.2) is 0 Å². The Hall–Kier alpha value is -1.67. The molecule has 8 heteroatoms. The van der Waals surface area contributed by atoms with Crippen molar-refractivity contribution in [2.45, 2.75) is 12.2 Å². The van der Waals surface area contributed by atoms with Gasteiger partial charge in [-0.2, -0.15) is 15.0 Å². The van der Waals surface area contributed by atoms with Gasteiger partial charge in [0.05, 0.1) is 7.11 Å². The summed E-state index contributed by atoms with van der Waals surface area (Å²) in [5.41, 5.74) is 5.61. The van der Waals surface area contributed by atoms with Gasteiger partial charge in [-0.15, -0.1) is 0 Å². The van der Waals surface area contributed by atoms with Crippen molar-refractivity contribution in [1.82, 2.24) is 15.0 Å². The molecule has 1 fully saturated rings. The van der Waals surface area contributed by atoms with Crippen LogP contribution in [0.15, 0.2) is 0 Å². The van der Waals surface area contributed by atoms with Crippen molar-refractivity contribution in [3.8, 4) is 6.01 Å². The Morgan fingerprint density at radius 2 is 1.67 bits per heavy atom. The molecular weight excluding hydrogens is 238 g/mol. The molecule has 100 valence electrons. The second-order valence-electron chi connectivity index (χ2n) is 3.93. The molecule has 0 aliphatic carbocycles. The normalized spacial score (nSPS) is 23.4. The zero-order valence-electron chi connectivity index (χ0n) is 10.7. The Labute approximate surface area is 105 Å². The number of nitrogens with two attached hydrogens (primary N) is 1. The molecule has 1 aromatic rings. The summed E-state index contributed by atoms with van der Waals surface area (Å²) >= 11 is 0. The van der Waals surface area contributed by atoms with Crippen molar-refractivity contribution in [3.63, 3.8) is 0 Å². The molecule has 2 unspecified atom stereocenters. The third-order valence-electron chi connectivity index (χ3n) is 2.91. The Kier molecular flexibility index (Phi) is 3.78. The van der Waals surface area contributed by atoms with Crippen molar-refractivity contribution in [3.05, 3.63) is 0 Å². The van der Waals surface area contributed by atoms with E-state index in [4.69, 9.17) is 19.9 Å². The van der Waals surface area contributed by atoms with Crippen LogP contribution in [0.5, 0.6) is 6.01 Å². The SMILES string of the molecule is COc1nc(N)nc(N2CC(OC)C(OC)C2)n1. The van der Waals surface area contributed by atoms with E-state index < -0.39 is 0 Å². The molecule has 2 heterocycles. The number of hydrogen-bond acceptors (Lipinski definition) is 8. The van der Waals surface area contributed by atoms with Gasteiger partial charge in [-0.25, -0.2) is 0 Å². The first kappa shape index (κ1) is 12.8. The highest BCUT2D eigenvalue weighted by molar-refractivity contribution is 5.38. The summed E-state index contributed by atoms with van der Waals surface area (Å²) in [6, 6.07) is 0.201. The van der Waals surface area contributed by atoms with Crippen molar-refractivity contribution in [2.24, 2.45) is 0 Å². The topological polar surface area (TPSA) is 95.6 Å². The molecule has 1 saturated heterocycles. The van der Waals surface area contributed by atoms with Crippen molar-refractivity contribution >= 4 is 11.9 Å². The lowest BCUT2D eigenvalue weighted by Gasteiger charge is -2.15. The number of nitrogen functional groups attached to an aromatic ring is 1. The second kappa shape index (κ2) is 5.32. The first-order valence-electron chi connectivity index (χ1n) is 5.54. The smallest absolute Gasteiger partial charge is 0.322 e. The molecule has 2 atom stereocenters. The summed E-state index contributed by atoms with van der Waals surface area (Å²) in [6.45, 7) is 1.28. The van der Waals surface area contributed by atoms with Gasteiger partial charge in [-0.1, -0.05) is 0 Å². The molecule has 8 nitrogen and oxygen atoms in total. The minimum absolute atomic E-state index is 0.0148. The lowest BCUT2D eigenvalue weighted by atomic mass is 10.3. The van der Waals surface area contributed by atoms with Crippen LogP contribution in [0.4, 0.5) is 11.9 Å². The standard InChI is InChI=1S/C10H17N5O3/c1-16-6-4-15(5-7(6)17-2)9-12-8(11)13-10(14-9)18-3/h6-7H,4-5H2,1-3H3,(H2,11,12,13,14). The number of anilines is 2. The molecule has 0 bridgehead atoms. The molecule has 18 heavy (non-hydrogen) atoms. The molecule has 2 N–H and O–H groups in total. The van der Waals surface area contributed by atoms with Gasteiger partial charge in [0.1, 0.15) is 12.2 Å². The Morgan fingerprint density at radius 1 is 1.06 bits per heavy atom. The number of nitrogens with zero attached hydrogens (tertiary/aromatic N) is 4. The summed E-state index contributed by atoms with van der Waals surface area (Å²) < 4.78 is 15.7. The van der Waals surface area contributed by atoms with E-state index in [0.29, 0.717) is 19.0 Å². The first-order chi connectivity index (χ1) is 8.67. The van der Waals surface area contributed by atoms with E-state index in [1.807, 2.05) is 4.90 Å². The summed E-state index contributed by atoms with van der Waals surface area (Å²) in [7, 11) is 4.80. The fourth-order valence-corrected chi connectivity index (χ4v) is 1.95. The van der Waals surface area contributed by atoms with E-state index in [1.165, 1.54) is 7.11 Å². The quantitative estimate of drug-likeness (QED) is 0.755. The number of ether oxygens (including phenoxy) is 3. The average Bonchev–Trinajstić information content (AvgIpc) is 2.81. The molecule has 0 saturated carbocycles. The Bertz CT molecular complexity index is 404. The van der Waals surface area contributed by atoms with Crippen LogP contribution < -0.4 is 15.4 Å². The van der Waals surface area contributed by atoms with Gasteiger partial charge < -0.3 is 24.8 Å². The molecule has 0 amide bonds. The number of methoxy groups -OCH3 is 3. The van der Waals surface area contributed by atoms with Gasteiger partial charge in [0.2, 0.25) is 11.9 Å². The minimum Gasteiger partial charge on any atom is -0.467 e. The molecule has 2 rings (SSSR count). The maximum Gasteiger partial charge on any atom is 0.322 e. The van der Waals surface area contributed by atoms with Crippen LogP contribution in [-0.4, -0.2) is 61.6 Å².